The summed E-state index contributed by atoms with van der Waals surface area (Å²) in [5.41, 5.74) is 5.35. The molecule has 26 heavy (non-hydrogen) atoms. The molecule has 0 atom stereocenters. The van der Waals surface area contributed by atoms with Crippen molar-refractivity contribution in [2.45, 2.75) is 26.3 Å². The van der Waals surface area contributed by atoms with E-state index in [1.165, 1.54) is 23.1 Å². The number of H-pyrrole nitrogens is 1. The lowest BCUT2D eigenvalue weighted by Gasteiger charge is -2.22. The first-order valence-corrected chi connectivity index (χ1v) is 8.76. The number of halogens is 1. The largest absolute Gasteiger partial charge is 0.496 e. The Bertz CT molecular complexity index is 976. The van der Waals surface area contributed by atoms with Crippen LogP contribution in [0.2, 0.25) is 0 Å². The molecule has 0 unspecified atom stereocenters. The fourth-order valence-electron chi connectivity index (χ4n) is 3.82. The Kier molecular flexibility index (Phi) is 4.15. The van der Waals surface area contributed by atoms with E-state index in [1.54, 1.807) is 19.2 Å². The average molecular weight is 352 g/mol. The maximum Gasteiger partial charge on any atom is 0.227 e. The van der Waals surface area contributed by atoms with E-state index in [0.29, 0.717) is 13.1 Å². The SMILES string of the molecule is COc1ccc2[nH]c(C)c3c2c1CN(C(=O)Cc1ccc(F)cc1)CC3. The molecule has 0 radical (unpaired) electrons. The Morgan fingerprint density at radius 1 is 1.19 bits per heavy atom. The molecule has 2 aromatic carbocycles. The number of rotatable bonds is 3. The predicted octanol–water partition coefficient (Wildman–Crippen LogP) is 3.75. The molecule has 2 heterocycles. The van der Waals surface area contributed by atoms with Crippen LogP contribution >= 0.6 is 0 Å². The van der Waals surface area contributed by atoms with Crippen molar-refractivity contribution in [2.75, 3.05) is 13.7 Å². The Hall–Kier alpha value is -2.82. The van der Waals surface area contributed by atoms with Gasteiger partial charge >= 0.3 is 0 Å². The molecule has 134 valence electrons. The number of methoxy groups -OCH3 is 1. The van der Waals surface area contributed by atoms with Gasteiger partial charge in [0.15, 0.2) is 0 Å². The summed E-state index contributed by atoms with van der Waals surface area (Å²) >= 11 is 0. The van der Waals surface area contributed by atoms with Crippen molar-refractivity contribution in [2.24, 2.45) is 0 Å². The molecule has 1 amide bonds. The molecule has 0 saturated carbocycles. The summed E-state index contributed by atoms with van der Waals surface area (Å²) < 4.78 is 18.6. The average Bonchev–Trinajstić information content (AvgIpc) is 2.82. The van der Waals surface area contributed by atoms with Gasteiger partial charge in [0.05, 0.1) is 13.5 Å². The van der Waals surface area contributed by atoms with Crippen LogP contribution < -0.4 is 4.74 Å². The molecule has 3 aromatic rings. The highest BCUT2D eigenvalue weighted by molar-refractivity contribution is 5.91. The predicted molar refractivity (Wildman–Crippen MR) is 98.8 cm³/mol. The monoisotopic (exact) mass is 352 g/mol. The van der Waals surface area contributed by atoms with Gasteiger partial charge in [0.25, 0.3) is 0 Å². The van der Waals surface area contributed by atoms with Crippen LogP contribution in [-0.4, -0.2) is 29.4 Å². The summed E-state index contributed by atoms with van der Waals surface area (Å²) in [7, 11) is 1.66. The first-order valence-electron chi connectivity index (χ1n) is 8.76. The molecule has 4 rings (SSSR count). The number of aromatic nitrogens is 1. The van der Waals surface area contributed by atoms with Crippen LogP contribution in [0.4, 0.5) is 4.39 Å². The summed E-state index contributed by atoms with van der Waals surface area (Å²) in [6, 6.07) is 10.1. The number of carbonyl (C=O) groups excluding carboxylic acids is 1. The van der Waals surface area contributed by atoms with E-state index in [0.717, 1.165) is 34.5 Å². The number of aryl methyl sites for hydroxylation is 1. The van der Waals surface area contributed by atoms with Gasteiger partial charge in [0.2, 0.25) is 5.91 Å². The minimum absolute atomic E-state index is 0.0439. The highest BCUT2D eigenvalue weighted by Gasteiger charge is 2.25. The molecule has 1 aliphatic heterocycles. The van der Waals surface area contributed by atoms with Gasteiger partial charge in [-0.25, -0.2) is 4.39 Å². The molecule has 0 fully saturated rings. The lowest BCUT2D eigenvalue weighted by molar-refractivity contribution is -0.131. The number of aromatic amines is 1. The molecule has 0 aliphatic carbocycles. The second-order valence-corrected chi connectivity index (χ2v) is 6.77. The van der Waals surface area contributed by atoms with Crippen LogP contribution in [0.25, 0.3) is 10.9 Å². The standard InChI is InChI=1S/C21H21FN2O2/c1-13-16-9-10-24(20(25)11-14-3-5-15(22)6-4-14)12-17-19(26-2)8-7-18(23-13)21(16)17/h3-8,23H,9-12H2,1-2H3. The van der Waals surface area contributed by atoms with Gasteiger partial charge in [-0.1, -0.05) is 12.1 Å². The van der Waals surface area contributed by atoms with E-state index >= 15 is 0 Å². The Labute approximate surface area is 151 Å². The van der Waals surface area contributed by atoms with Gasteiger partial charge in [-0.2, -0.15) is 0 Å². The van der Waals surface area contributed by atoms with Gasteiger partial charge < -0.3 is 14.6 Å². The van der Waals surface area contributed by atoms with Gasteiger partial charge in [0, 0.05) is 35.2 Å². The van der Waals surface area contributed by atoms with Crippen LogP contribution in [0.15, 0.2) is 36.4 Å². The Morgan fingerprint density at radius 2 is 1.96 bits per heavy atom. The van der Waals surface area contributed by atoms with E-state index < -0.39 is 0 Å². The zero-order chi connectivity index (χ0) is 18.3. The van der Waals surface area contributed by atoms with Crippen molar-refractivity contribution >= 4 is 16.8 Å². The van der Waals surface area contributed by atoms with Crippen LogP contribution in [0.5, 0.6) is 5.75 Å². The molecule has 0 saturated heterocycles. The molecule has 1 aliphatic rings. The van der Waals surface area contributed by atoms with E-state index in [9.17, 15) is 9.18 Å². The zero-order valence-electron chi connectivity index (χ0n) is 14.9. The lowest BCUT2D eigenvalue weighted by Crippen LogP contribution is -2.33. The number of ether oxygens (including phenoxy) is 1. The Morgan fingerprint density at radius 3 is 2.69 bits per heavy atom. The normalized spacial score (nSPS) is 13.7. The van der Waals surface area contributed by atoms with Gasteiger partial charge in [0.1, 0.15) is 11.6 Å². The van der Waals surface area contributed by atoms with Crippen molar-refractivity contribution in [1.82, 2.24) is 9.88 Å². The molecule has 5 heteroatoms. The number of nitrogens with zero attached hydrogens (tertiary/aromatic N) is 1. The third-order valence-corrected chi connectivity index (χ3v) is 5.17. The van der Waals surface area contributed by atoms with Crippen LogP contribution in [-0.2, 0) is 24.2 Å². The van der Waals surface area contributed by atoms with Gasteiger partial charge in [-0.05, 0) is 48.7 Å². The number of nitrogens with one attached hydrogen (secondary N) is 1. The second-order valence-electron chi connectivity index (χ2n) is 6.77. The second kappa shape index (κ2) is 6.48. The molecule has 4 nitrogen and oxygen atoms in total. The summed E-state index contributed by atoms with van der Waals surface area (Å²) in [5.74, 6) is 0.559. The topological polar surface area (TPSA) is 45.3 Å². The van der Waals surface area contributed by atoms with Crippen molar-refractivity contribution < 1.29 is 13.9 Å². The lowest BCUT2D eigenvalue weighted by atomic mass is 10.0. The van der Waals surface area contributed by atoms with Gasteiger partial charge in [-0.3, -0.25) is 4.79 Å². The summed E-state index contributed by atoms with van der Waals surface area (Å²) in [6.45, 7) is 3.25. The van der Waals surface area contributed by atoms with Crippen LogP contribution in [0, 0.1) is 12.7 Å². The van der Waals surface area contributed by atoms with Crippen molar-refractivity contribution in [3.8, 4) is 5.75 Å². The fraction of sp³-hybridized carbons (Fsp3) is 0.286. The maximum atomic E-state index is 13.1. The van der Waals surface area contributed by atoms with E-state index in [-0.39, 0.29) is 18.1 Å². The quantitative estimate of drug-likeness (QED) is 0.780. The highest BCUT2D eigenvalue weighted by atomic mass is 19.1. The third kappa shape index (κ3) is 2.83. The fourth-order valence-corrected chi connectivity index (χ4v) is 3.82. The number of amides is 1. The van der Waals surface area contributed by atoms with Crippen molar-refractivity contribution in [3.63, 3.8) is 0 Å². The number of hydrogen-bond donors (Lipinski definition) is 1. The van der Waals surface area contributed by atoms with E-state index in [4.69, 9.17) is 4.74 Å². The van der Waals surface area contributed by atoms with Crippen molar-refractivity contribution in [3.05, 3.63) is 64.6 Å². The third-order valence-electron chi connectivity index (χ3n) is 5.17. The number of carbonyl (C=O) groups is 1. The number of benzene rings is 2. The Balaban J connectivity index is 1.66. The van der Waals surface area contributed by atoms with Crippen molar-refractivity contribution in [1.29, 1.82) is 0 Å². The first kappa shape index (κ1) is 16.6. The molecule has 0 spiro atoms. The van der Waals surface area contributed by atoms with Crippen LogP contribution in [0.1, 0.15) is 22.4 Å². The highest BCUT2D eigenvalue weighted by Crippen LogP contribution is 2.35. The van der Waals surface area contributed by atoms with Gasteiger partial charge in [-0.15, -0.1) is 0 Å². The number of hydrogen-bond acceptors (Lipinski definition) is 2. The summed E-state index contributed by atoms with van der Waals surface area (Å²) in [5, 5.41) is 1.18. The van der Waals surface area contributed by atoms with E-state index in [2.05, 4.69) is 11.9 Å². The molecule has 1 aromatic heterocycles. The van der Waals surface area contributed by atoms with E-state index in [1.807, 2.05) is 17.0 Å². The molecular weight excluding hydrogens is 331 g/mol. The summed E-state index contributed by atoms with van der Waals surface area (Å²) in [6.07, 6.45) is 1.08. The zero-order valence-corrected chi connectivity index (χ0v) is 14.9. The maximum absolute atomic E-state index is 13.1. The first-order chi connectivity index (χ1) is 12.6. The smallest absolute Gasteiger partial charge is 0.227 e. The molecule has 1 N–H and O–H groups in total. The summed E-state index contributed by atoms with van der Waals surface area (Å²) in [4.78, 5) is 18.2. The molecule has 0 bridgehead atoms. The molecular formula is C21H21FN2O2. The minimum Gasteiger partial charge on any atom is -0.496 e. The van der Waals surface area contributed by atoms with Crippen LogP contribution in [0.3, 0.4) is 0 Å². The minimum atomic E-state index is -0.290.